The number of aliphatic hydroxyl groups excluding tert-OH is 1. The van der Waals surface area contributed by atoms with Crippen LogP contribution in [0.5, 0.6) is 0 Å². The number of nitrogens with one attached hydrogen (secondary N) is 1. The lowest BCUT2D eigenvalue weighted by atomic mass is 9.70. The summed E-state index contributed by atoms with van der Waals surface area (Å²) in [7, 11) is 0. The maximum Gasteiger partial charge on any atom is 0.258 e. The lowest BCUT2D eigenvalue weighted by Crippen LogP contribution is -2.42. The Morgan fingerprint density at radius 2 is 2.19 bits per heavy atom. The maximum absolute atomic E-state index is 12.6. The van der Waals surface area contributed by atoms with Gasteiger partial charge in [0.15, 0.2) is 5.78 Å². The zero-order valence-corrected chi connectivity index (χ0v) is 13.1. The Morgan fingerprint density at radius 3 is 2.76 bits per heavy atom. The average Bonchev–Trinajstić information content (AvgIpc) is 2.45. The topological polar surface area (TPSA) is 90.2 Å². The molecule has 0 radical (unpaired) electrons. The van der Waals surface area contributed by atoms with Crippen molar-refractivity contribution in [2.75, 3.05) is 6.54 Å². The number of aliphatic hydroxyl groups is 1. The second kappa shape index (κ2) is 5.34. The molecule has 1 atom stereocenters. The van der Waals surface area contributed by atoms with Crippen molar-refractivity contribution in [3.8, 4) is 6.07 Å². The van der Waals surface area contributed by atoms with E-state index in [1.165, 1.54) is 6.92 Å². The van der Waals surface area contributed by atoms with Gasteiger partial charge in [-0.1, -0.05) is 15.9 Å². The molecule has 0 fully saturated rings. The van der Waals surface area contributed by atoms with Crippen LogP contribution in [0.25, 0.3) is 5.76 Å². The predicted octanol–water partition coefficient (Wildman–Crippen LogP) is 2.22. The van der Waals surface area contributed by atoms with Gasteiger partial charge in [-0.3, -0.25) is 9.59 Å². The van der Waals surface area contributed by atoms with E-state index < -0.39 is 17.1 Å². The van der Waals surface area contributed by atoms with Crippen molar-refractivity contribution in [1.29, 1.82) is 5.26 Å². The number of carbonyl (C=O) groups excluding carboxylic acids is 2. The number of fused-ring (bicyclic) bond motifs is 1. The minimum Gasteiger partial charge on any atom is -0.506 e. The van der Waals surface area contributed by atoms with Gasteiger partial charge >= 0.3 is 0 Å². The van der Waals surface area contributed by atoms with Crippen LogP contribution in [0.2, 0.25) is 0 Å². The van der Waals surface area contributed by atoms with Crippen LogP contribution in [0, 0.1) is 11.3 Å². The number of halogens is 1. The number of Topliss-reactive ketones (excluding diaryl/α,β-unsaturated/α-hetero) is 1. The molecule has 0 spiro atoms. The molecule has 0 unspecified atom stereocenters. The van der Waals surface area contributed by atoms with Gasteiger partial charge in [0.1, 0.15) is 16.7 Å². The summed E-state index contributed by atoms with van der Waals surface area (Å²) in [6.07, 6.45) is 0. The first-order chi connectivity index (χ1) is 9.86. The molecule has 0 saturated heterocycles. The third-order valence-electron chi connectivity index (χ3n) is 3.48. The van der Waals surface area contributed by atoms with Crippen LogP contribution in [0.1, 0.15) is 25.0 Å². The van der Waals surface area contributed by atoms with Crippen LogP contribution in [-0.4, -0.2) is 23.3 Å². The van der Waals surface area contributed by atoms with Gasteiger partial charge in [0.05, 0.1) is 6.07 Å². The van der Waals surface area contributed by atoms with Crippen LogP contribution in [0.3, 0.4) is 0 Å². The number of ketones is 1. The SMILES string of the molecule is CCNC(=O)C1=C(O)c2ccc(Br)cc2[C@@](C)(C#N)C1=O. The highest BCUT2D eigenvalue weighted by Gasteiger charge is 2.46. The number of hydrogen-bond acceptors (Lipinski definition) is 4. The Balaban J connectivity index is 2.77. The van der Waals surface area contributed by atoms with Crippen LogP contribution in [0.4, 0.5) is 0 Å². The van der Waals surface area contributed by atoms with Gasteiger partial charge in [-0.05, 0) is 37.6 Å². The highest BCUT2D eigenvalue weighted by atomic mass is 79.9. The molecule has 0 bridgehead atoms. The van der Waals surface area contributed by atoms with Gasteiger partial charge in [0.2, 0.25) is 0 Å². The van der Waals surface area contributed by atoms with Gasteiger partial charge in [0.25, 0.3) is 5.91 Å². The Bertz CT molecular complexity index is 718. The zero-order valence-electron chi connectivity index (χ0n) is 11.5. The number of nitrogens with zero attached hydrogens (tertiary/aromatic N) is 1. The Labute approximate surface area is 130 Å². The second-order valence-corrected chi connectivity index (χ2v) is 5.75. The van der Waals surface area contributed by atoms with Crippen LogP contribution in [0.15, 0.2) is 28.2 Å². The van der Waals surface area contributed by atoms with Crippen LogP contribution >= 0.6 is 15.9 Å². The van der Waals surface area contributed by atoms with E-state index in [9.17, 15) is 20.0 Å². The summed E-state index contributed by atoms with van der Waals surface area (Å²) in [4.78, 5) is 24.6. The summed E-state index contributed by atoms with van der Waals surface area (Å²) < 4.78 is 0.685. The summed E-state index contributed by atoms with van der Waals surface area (Å²) in [6, 6.07) is 6.84. The van der Waals surface area contributed by atoms with Crippen molar-refractivity contribution in [2.45, 2.75) is 19.3 Å². The van der Waals surface area contributed by atoms with Crippen molar-refractivity contribution in [3.05, 3.63) is 39.4 Å². The van der Waals surface area contributed by atoms with E-state index in [0.29, 0.717) is 22.1 Å². The number of hydrogen-bond donors (Lipinski definition) is 2. The third-order valence-corrected chi connectivity index (χ3v) is 3.97. The van der Waals surface area contributed by atoms with Crippen molar-refractivity contribution in [3.63, 3.8) is 0 Å². The molecule has 1 aliphatic carbocycles. The number of likely N-dealkylation sites (N-methyl/N-ethyl adjacent to an activating group) is 1. The highest BCUT2D eigenvalue weighted by Crippen LogP contribution is 2.40. The van der Waals surface area contributed by atoms with Gasteiger partial charge < -0.3 is 10.4 Å². The summed E-state index contributed by atoms with van der Waals surface area (Å²) >= 11 is 3.28. The Hall–Kier alpha value is -2.13. The molecule has 1 aliphatic rings. The minimum atomic E-state index is -1.51. The molecule has 0 aromatic heterocycles. The normalized spacial score (nSPS) is 20.8. The summed E-state index contributed by atoms with van der Waals surface area (Å²) in [5, 5.41) is 22.2. The van der Waals surface area contributed by atoms with E-state index in [4.69, 9.17) is 0 Å². The molecule has 1 amide bonds. The lowest BCUT2D eigenvalue weighted by Gasteiger charge is -2.29. The first-order valence-corrected chi connectivity index (χ1v) is 7.14. The maximum atomic E-state index is 12.6. The first-order valence-electron chi connectivity index (χ1n) is 6.34. The van der Waals surface area contributed by atoms with Gasteiger partial charge in [-0.2, -0.15) is 5.26 Å². The smallest absolute Gasteiger partial charge is 0.258 e. The average molecular weight is 349 g/mol. The molecular formula is C15H13BrN2O3. The van der Waals surface area contributed by atoms with Crippen molar-refractivity contribution >= 4 is 33.4 Å². The Kier molecular flexibility index (Phi) is 3.88. The predicted molar refractivity (Wildman–Crippen MR) is 80.3 cm³/mol. The number of amides is 1. The summed E-state index contributed by atoms with van der Waals surface area (Å²) in [6.45, 7) is 3.48. The molecule has 0 aliphatic heterocycles. The molecule has 6 heteroatoms. The molecule has 21 heavy (non-hydrogen) atoms. The summed E-state index contributed by atoms with van der Waals surface area (Å²) in [5.74, 6) is -1.75. The molecule has 0 heterocycles. The molecule has 2 N–H and O–H groups in total. The molecule has 2 rings (SSSR count). The van der Waals surface area contributed by atoms with Gasteiger partial charge in [0, 0.05) is 16.6 Å². The molecule has 1 aromatic carbocycles. The van der Waals surface area contributed by atoms with E-state index in [0.717, 1.165) is 0 Å². The Morgan fingerprint density at radius 1 is 1.52 bits per heavy atom. The van der Waals surface area contributed by atoms with E-state index in [-0.39, 0.29) is 11.3 Å². The van der Waals surface area contributed by atoms with Crippen molar-refractivity contribution < 1.29 is 14.7 Å². The highest BCUT2D eigenvalue weighted by molar-refractivity contribution is 9.10. The molecular weight excluding hydrogens is 336 g/mol. The molecule has 5 nitrogen and oxygen atoms in total. The van der Waals surface area contributed by atoms with E-state index >= 15 is 0 Å². The fourth-order valence-corrected chi connectivity index (χ4v) is 2.68. The van der Waals surface area contributed by atoms with E-state index in [1.54, 1.807) is 25.1 Å². The molecule has 108 valence electrons. The molecule has 1 aromatic rings. The zero-order chi connectivity index (χ0) is 15.8. The van der Waals surface area contributed by atoms with Crippen molar-refractivity contribution in [1.82, 2.24) is 5.32 Å². The van der Waals surface area contributed by atoms with Crippen LogP contribution < -0.4 is 5.32 Å². The number of rotatable bonds is 2. The monoisotopic (exact) mass is 348 g/mol. The second-order valence-electron chi connectivity index (χ2n) is 4.84. The third kappa shape index (κ3) is 2.24. The van der Waals surface area contributed by atoms with Gasteiger partial charge in [-0.25, -0.2) is 0 Å². The van der Waals surface area contributed by atoms with Gasteiger partial charge in [-0.15, -0.1) is 0 Å². The number of carbonyl (C=O) groups is 2. The first kappa shape index (κ1) is 15.3. The largest absolute Gasteiger partial charge is 0.506 e. The molecule has 0 saturated carbocycles. The standard InChI is InChI=1S/C15H13BrN2O3/c1-3-18-14(21)11-12(19)9-5-4-8(16)6-10(9)15(2,7-17)13(11)20/h4-6,19H,3H2,1-2H3,(H,18,21)/t15-/m1/s1. The van der Waals surface area contributed by atoms with Crippen LogP contribution in [-0.2, 0) is 15.0 Å². The van der Waals surface area contributed by atoms with E-state index in [2.05, 4.69) is 21.2 Å². The fourth-order valence-electron chi connectivity index (χ4n) is 2.32. The minimum absolute atomic E-state index is 0.319. The quantitative estimate of drug-likeness (QED) is 0.801. The number of nitriles is 1. The number of benzene rings is 1. The van der Waals surface area contributed by atoms with Crippen molar-refractivity contribution in [2.24, 2.45) is 0 Å². The van der Waals surface area contributed by atoms with E-state index in [1.807, 2.05) is 6.07 Å². The fraction of sp³-hybridized carbons (Fsp3) is 0.267. The summed E-state index contributed by atoms with van der Waals surface area (Å²) in [5.41, 5.74) is -1.17. The lowest BCUT2D eigenvalue weighted by molar-refractivity contribution is -0.124.